The van der Waals surface area contributed by atoms with E-state index in [1.54, 1.807) is 6.07 Å². The predicted octanol–water partition coefficient (Wildman–Crippen LogP) is 0.554. The van der Waals surface area contributed by atoms with E-state index >= 15 is 0 Å². The fourth-order valence-electron chi connectivity index (χ4n) is 2.47. The number of nitrogens with zero attached hydrogens (tertiary/aromatic N) is 1. The predicted molar refractivity (Wildman–Crippen MR) is 76.4 cm³/mol. The summed E-state index contributed by atoms with van der Waals surface area (Å²) in [5, 5.41) is 2.23. The van der Waals surface area contributed by atoms with Gasteiger partial charge in [-0.25, -0.2) is 4.79 Å². The molecule has 2 heterocycles. The van der Waals surface area contributed by atoms with Crippen molar-refractivity contribution >= 4 is 35.0 Å². The Kier molecular flexibility index (Phi) is 3.69. The van der Waals surface area contributed by atoms with Crippen molar-refractivity contribution in [1.29, 1.82) is 0 Å². The number of amides is 3. The van der Waals surface area contributed by atoms with Gasteiger partial charge in [0.05, 0.1) is 18.4 Å². The largest absolute Gasteiger partial charge is 0.465 e. The second kappa shape index (κ2) is 5.53. The first-order valence-electron chi connectivity index (χ1n) is 6.85. The number of methoxy groups -OCH3 is 1. The van der Waals surface area contributed by atoms with Crippen LogP contribution < -0.4 is 5.32 Å². The quantitative estimate of drug-likeness (QED) is 0.646. The van der Waals surface area contributed by atoms with E-state index in [0.717, 1.165) is 24.2 Å². The van der Waals surface area contributed by atoms with Crippen LogP contribution in [-0.4, -0.2) is 47.8 Å². The number of carbonyl (C=O) groups is 4. The molecular weight excluding hydrogens is 308 g/mol. The highest BCUT2D eigenvalue weighted by Gasteiger charge is 2.45. The van der Waals surface area contributed by atoms with Crippen molar-refractivity contribution in [2.75, 3.05) is 7.11 Å². The van der Waals surface area contributed by atoms with E-state index < -0.39 is 17.9 Å². The van der Waals surface area contributed by atoms with Crippen LogP contribution in [0, 0.1) is 0 Å². The summed E-state index contributed by atoms with van der Waals surface area (Å²) in [6.07, 6.45) is 1.63. The van der Waals surface area contributed by atoms with E-state index in [2.05, 4.69) is 10.1 Å². The second-order valence-corrected chi connectivity index (χ2v) is 6.32. The normalized spacial score (nSPS) is 20.7. The summed E-state index contributed by atoms with van der Waals surface area (Å²) in [5.74, 6) is -1.63. The summed E-state index contributed by atoms with van der Waals surface area (Å²) in [6.45, 7) is 0. The Balaban J connectivity index is 1.84. The van der Waals surface area contributed by atoms with Crippen LogP contribution in [0.15, 0.2) is 12.1 Å². The maximum absolute atomic E-state index is 12.7. The minimum absolute atomic E-state index is 0.00366. The first-order chi connectivity index (χ1) is 10.5. The molecule has 1 atom stereocenters. The molecular formula is C14H14N2O5S. The standard InChI is InChI=1S/C14H14N2O5S/c1-21-14(20)10-5-4-9(22-10)13(19)16(7-2-3-7)8-6-11(17)15-12(8)18/h4-5,7-8H,2-3,6H2,1H3,(H,15,17,18). The average Bonchev–Trinajstić information content (AvgIpc) is 3.09. The van der Waals surface area contributed by atoms with E-state index in [4.69, 9.17) is 0 Å². The zero-order chi connectivity index (χ0) is 15.9. The van der Waals surface area contributed by atoms with Crippen molar-refractivity contribution in [2.24, 2.45) is 0 Å². The molecule has 3 amide bonds. The van der Waals surface area contributed by atoms with Gasteiger partial charge < -0.3 is 9.64 Å². The summed E-state index contributed by atoms with van der Waals surface area (Å²) < 4.78 is 4.62. The Bertz CT molecular complexity index is 664. The molecule has 22 heavy (non-hydrogen) atoms. The van der Waals surface area contributed by atoms with Crippen LogP contribution in [-0.2, 0) is 14.3 Å². The number of imide groups is 1. The molecule has 1 unspecified atom stereocenters. The zero-order valence-corrected chi connectivity index (χ0v) is 12.6. The monoisotopic (exact) mass is 322 g/mol. The molecule has 1 aliphatic carbocycles. The fourth-order valence-corrected chi connectivity index (χ4v) is 3.34. The second-order valence-electron chi connectivity index (χ2n) is 5.23. The van der Waals surface area contributed by atoms with Gasteiger partial charge >= 0.3 is 5.97 Å². The molecule has 7 nitrogen and oxygen atoms in total. The third-order valence-electron chi connectivity index (χ3n) is 3.66. The van der Waals surface area contributed by atoms with Gasteiger partial charge in [-0.1, -0.05) is 0 Å². The first-order valence-corrected chi connectivity index (χ1v) is 7.67. The van der Waals surface area contributed by atoms with Crippen molar-refractivity contribution in [1.82, 2.24) is 10.2 Å². The summed E-state index contributed by atoms with van der Waals surface area (Å²) in [4.78, 5) is 49.6. The van der Waals surface area contributed by atoms with E-state index in [1.807, 2.05) is 0 Å². The van der Waals surface area contributed by atoms with Crippen molar-refractivity contribution < 1.29 is 23.9 Å². The number of hydrogen-bond acceptors (Lipinski definition) is 6. The smallest absolute Gasteiger partial charge is 0.348 e. The molecule has 1 aromatic rings. The Labute approximate surface area is 130 Å². The molecule has 0 aromatic carbocycles. The highest BCUT2D eigenvalue weighted by molar-refractivity contribution is 7.15. The van der Waals surface area contributed by atoms with Gasteiger partial charge in [0.1, 0.15) is 10.9 Å². The van der Waals surface area contributed by atoms with Crippen molar-refractivity contribution in [3.63, 3.8) is 0 Å². The minimum Gasteiger partial charge on any atom is -0.465 e. The lowest BCUT2D eigenvalue weighted by Gasteiger charge is -2.26. The van der Waals surface area contributed by atoms with E-state index in [0.29, 0.717) is 9.75 Å². The number of carbonyl (C=O) groups excluding carboxylic acids is 4. The molecule has 1 aromatic heterocycles. The number of esters is 1. The summed E-state index contributed by atoms with van der Waals surface area (Å²) in [6, 6.07) is 2.30. The van der Waals surface area contributed by atoms with E-state index in [9.17, 15) is 19.2 Å². The lowest BCUT2D eigenvalue weighted by molar-refractivity contribution is -0.126. The van der Waals surface area contributed by atoms with E-state index in [1.165, 1.54) is 18.1 Å². The zero-order valence-electron chi connectivity index (χ0n) is 11.8. The lowest BCUT2D eigenvalue weighted by Crippen LogP contribution is -2.45. The van der Waals surface area contributed by atoms with Crippen LogP contribution in [0.1, 0.15) is 38.6 Å². The Morgan fingerprint density at radius 1 is 1.27 bits per heavy atom. The molecule has 1 aliphatic heterocycles. The number of hydrogen-bond donors (Lipinski definition) is 1. The highest BCUT2D eigenvalue weighted by Crippen LogP contribution is 2.33. The van der Waals surface area contributed by atoms with Gasteiger partial charge in [0, 0.05) is 6.04 Å². The van der Waals surface area contributed by atoms with Gasteiger partial charge in [-0.15, -0.1) is 11.3 Å². The SMILES string of the molecule is COC(=O)c1ccc(C(=O)N(C2CC2)C2CC(=O)NC2=O)s1. The van der Waals surface area contributed by atoms with Crippen molar-refractivity contribution in [3.8, 4) is 0 Å². The Morgan fingerprint density at radius 2 is 1.95 bits per heavy atom. The highest BCUT2D eigenvalue weighted by atomic mass is 32.1. The number of ether oxygens (including phenoxy) is 1. The molecule has 0 radical (unpaired) electrons. The van der Waals surface area contributed by atoms with Crippen LogP contribution in [0.4, 0.5) is 0 Å². The summed E-state index contributed by atoms with van der Waals surface area (Å²) in [5.41, 5.74) is 0. The summed E-state index contributed by atoms with van der Waals surface area (Å²) in [7, 11) is 1.27. The molecule has 1 saturated heterocycles. The third-order valence-corrected chi connectivity index (χ3v) is 4.71. The van der Waals surface area contributed by atoms with Crippen LogP contribution in [0.25, 0.3) is 0 Å². The van der Waals surface area contributed by atoms with Crippen molar-refractivity contribution in [3.05, 3.63) is 21.9 Å². The molecule has 0 spiro atoms. The Hall–Kier alpha value is -2.22. The lowest BCUT2D eigenvalue weighted by atomic mass is 10.2. The first kappa shape index (κ1) is 14.7. The number of rotatable bonds is 4. The fraction of sp³-hybridized carbons (Fsp3) is 0.429. The average molecular weight is 322 g/mol. The van der Waals surface area contributed by atoms with Gasteiger partial charge in [0.2, 0.25) is 11.8 Å². The molecule has 116 valence electrons. The van der Waals surface area contributed by atoms with Crippen LogP contribution in [0.3, 0.4) is 0 Å². The minimum atomic E-state index is -0.754. The van der Waals surface area contributed by atoms with Crippen LogP contribution in [0.2, 0.25) is 0 Å². The molecule has 1 saturated carbocycles. The summed E-state index contributed by atoms with van der Waals surface area (Å²) >= 11 is 1.03. The molecule has 2 fully saturated rings. The topological polar surface area (TPSA) is 92.8 Å². The van der Waals surface area contributed by atoms with E-state index in [-0.39, 0.29) is 24.3 Å². The van der Waals surface area contributed by atoms with Gasteiger partial charge in [0.25, 0.3) is 5.91 Å². The molecule has 0 bridgehead atoms. The molecule has 3 rings (SSSR count). The van der Waals surface area contributed by atoms with Crippen molar-refractivity contribution in [2.45, 2.75) is 31.3 Å². The van der Waals surface area contributed by atoms with Crippen LogP contribution >= 0.6 is 11.3 Å². The Morgan fingerprint density at radius 3 is 2.50 bits per heavy atom. The molecule has 1 N–H and O–H groups in total. The number of nitrogens with one attached hydrogen (secondary N) is 1. The molecule has 8 heteroatoms. The van der Waals surface area contributed by atoms with Gasteiger partial charge in [-0.05, 0) is 25.0 Å². The van der Waals surface area contributed by atoms with Crippen LogP contribution in [0.5, 0.6) is 0 Å². The van der Waals surface area contributed by atoms with Gasteiger partial charge in [0.15, 0.2) is 0 Å². The molecule has 2 aliphatic rings. The number of thiophene rings is 1. The third kappa shape index (κ3) is 2.61. The van der Waals surface area contributed by atoms with Gasteiger partial charge in [-0.3, -0.25) is 19.7 Å². The maximum Gasteiger partial charge on any atom is 0.348 e. The van der Waals surface area contributed by atoms with Gasteiger partial charge in [-0.2, -0.15) is 0 Å². The maximum atomic E-state index is 12.7.